The number of likely N-dealkylation sites (tertiary alicyclic amines) is 1. The fourth-order valence-electron chi connectivity index (χ4n) is 2.45. The van der Waals surface area contributed by atoms with Gasteiger partial charge in [-0.3, -0.25) is 0 Å². The number of aryl methyl sites for hydroxylation is 1. The quantitative estimate of drug-likeness (QED) is 0.765. The molecule has 114 valence electrons. The predicted octanol–water partition coefficient (Wildman–Crippen LogP) is 3.68. The highest BCUT2D eigenvalue weighted by Gasteiger charge is 2.18. The summed E-state index contributed by atoms with van der Waals surface area (Å²) in [7, 11) is 2.04. The Bertz CT molecular complexity index is 408. The fraction of sp³-hybridized carbons (Fsp3) is 0.706. The van der Waals surface area contributed by atoms with Gasteiger partial charge in [0.05, 0.1) is 13.1 Å². The molecular weight excluding hydrogens is 246 g/mol. The van der Waals surface area contributed by atoms with E-state index < -0.39 is 0 Å². The lowest BCUT2D eigenvalue weighted by Gasteiger charge is -2.25. The van der Waals surface area contributed by atoms with Gasteiger partial charge in [-0.15, -0.1) is 0 Å². The first-order valence-corrected chi connectivity index (χ1v) is 7.96. The minimum Gasteiger partial charge on any atom is -0.373 e. The molecule has 0 aliphatic carbocycles. The second kappa shape index (κ2) is 8.13. The third-order valence-corrected chi connectivity index (χ3v) is 4.28. The van der Waals surface area contributed by atoms with E-state index in [0.717, 1.165) is 0 Å². The molecule has 1 fully saturated rings. The molecule has 3 nitrogen and oxygen atoms in total. The maximum absolute atomic E-state index is 4.03. The van der Waals surface area contributed by atoms with Crippen LogP contribution in [-0.2, 0) is 7.05 Å². The highest BCUT2D eigenvalue weighted by Crippen LogP contribution is 2.22. The lowest BCUT2D eigenvalue weighted by Crippen LogP contribution is -2.27. The van der Waals surface area contributed by atoms with E-state index in [1.54, 1.807) is 0 Å². The average Bonchev–Trinajstić information content (AvgIpc) is 3.06. The number of rotatable bonds is 4. The van der Waals surface area contributed by atoms with E-state index in [9.17, 15) is 0 Å². The van der Waals surface area contributed by atoms with Crippen molar-refractivity contribution in [3.8, 4) is 0 Å². The summed E-state index contributed by atoms with van der Waals surface area (Å²) in [5.41, 5.74) is 1.34. The third kappa shape index (κ3) is 4.69. The number of hydrogen-bond donors (Lipinski definition) is 0. The second-order valence-electron chi connectivity index (χ2n) is 5.90. The lowest BCUT2D eigenvalue weighted by atomic mass is 10.2. The standard InChI is InChI=1S/C9H17N.C8H15N2/c1-4-8(2)10-7-5-6-9(10)3;1-4-8(2)10-6-5-9(3)7-10/h8H,3-7H2,1-2H3;5-8H,4H2,1-3H3/q;+1. The highest BCUT2D eigenvalue weighted by molar-refractivity contribution is 5.00. The molecule has 0 amide bonds. The monoisotopic (exact) mass is 278 g/mol. The minimum atomic E-state index is 0.626. The molecule has 2 heterocycles. The Labute approximate surface area is 124 Å². The summed E-state index contributed by atoms with van der Waals surface area (Å²) < 4.78 is 4.28. The summed E-state index contributed by atoms with van der Waals surface area (Å²) >= 11 is 0. The van der Waals surface area contributed by atoms with Crippen LogP contribution in [0.2, 0.25) is 0 Å². The number of aromatic nitrogens is 2. The normalized spacial score (nSPS) is 17.6. The van der Waals surface area contributed by atoms with Crippen LogP contribution in [0.15, 0.2) is 31.0 Å². The Kier molecular flexibility index (Phi) is 6.83. The third-order valence-electron chi connectivity index (χ3n) is 4.28. The largest absolute Gasteiger partial charge is 0.373 e. The van der Waals surface area contributed by atoms with Crippen molar-refractivity contribution in [2.75, 3.05) is 6.54 Å². The molecule has 0 bridgehead atoms. The molecule has 1 aromatic heterocycles. The topological polar surface area (TPSA) is 12.1 Å². The molecule has 2 atom stereocenters. The predicted molar refractivity (Wildman–Crippen MR) is 85.4 cm³/mol. The van der Waals surface area contributed by atoms with Crippen LogP contribution < -0.4 is 4.57 Å². The smallest absolute Gasteiger partial charge is 0.243 e. The van der Waals surface area contributed by atoms with Gasteiger partial charge in [0.15, 0.2) is 0 Å². The molecule has 1 aromatic rings. The van der Waals surface area contributed by atoms with Crippen molar-refractivity contribution in [3.05, 3.63) is 31.0 Å². The number of hydrogen-bond acceptors (Lipinski definition) is 1. The van der Waals surface area contributed by atoms with Gasteiger partial charge < -0.3 is 4.90 Å². The molecule has 0 radical (unpaired) electrons. The molecule has 20 heavy (non-hydrogen) atoms. The molecule has 1 aliphatic heterocycles. The Hall–Kier alpha value is -1.25. The van der Waals surface area contributed by atoms with Gasteiger partial charge in [0.25, 0.3) is 0 Å². The van der Waals surface area contributed by atoms with Crippen molar-refractivity contribution >= 4 is 0 Å². The first-order valence-electron chi connectivity index (χ1n) is 7.96. The molecule has 0 spiro atoms. The molecule has 2 unspecified atom stereocenters. The molecule has 3 heteroatoms. The molecule has 1 saturated heterocycles. The van der Waals surface area contributed by atoms with Gasteiger partial charge in [-0.2, -0.15) is 0 Å². The van der Waals surface area contributed by atoms with Gasteiger partial charge in [0.1, 0.15) is 12.4 Å². The first-order chi connectivity index (χ1) is 9.49. The summed E-state index contributed by atoms with van der Waals surface area (Å²) in [4.78, 5) is 2.43. The molecule has 0 N–H and O–H groups in total. The summed E-state index contributed by atoms with van der Waals surface area (Å²) in [5, 5.41) is 0. The minimum absolute atomic E-state index is 0.626. The van der Waals surface area contributed by atoms with E-state index in [2.05, 4.69) is 67.0 Å². The summed E-state index contributed by atoms with van der Waals surface area (Å²) in [6.07, 6.45) is 11.2. The second-order valence-corrected chi connectivity index (χ2v) is 5.90. The Balaban J connectivity index is 0.000000200. The van der Waals surface area contributed by atoms with Crippen molar-refractivity contribution in [3.63, 3.8) is 0 Å². The van der Waals surface area contributed by atoms with Crippen LogP contribution in [-0.4, -0.2) is 22.1 Å². The van der Waals surface area contributed by atoms with Crippen molar-refractivity contribution in [1.82, 2.24) is 9.47 Å². The lowest BCUT2D eigenvalue weighted by molar-refractivity contribution is -0.671. The Morgan fingerprint density at radius 3 is 2.30 bits per heavy atom. The van der Waals surface area contributed by atoms with Crippen molar-refractivity contribution in [2.45, 2.75) is 65.5 Å². The fourth-order valence-corrected chi connectivity index (χ4v) is 2.45. The molecule has 1 aliphatic rings. The summed E-state index contributed by atoms with van der Waals surface area (Å²) in [6, 6.07) is 1.33. The molecular formula is C17H32N3+. The summed E-state index contributed by atoms with van der Waals surface area (Å²) in [6.45, 7) is 14.2. The zero-order valence-corrected chi connectivity index (χ0v) is 14.0. The van der Waals surface area contributed by atoms with Gasteiger partial charge in [0.2, 0.25) is 6.33 Å². The zero-order valence-electron chi connectivity index (χ0n) is 14.0. The van der Waals surface area contributed by atoms with Crippen molar-refractivity contribution < 1.29 is 4.57 Å². The van der Waals surface area contributed by atoms with Crippen LogP contribution >= 0.6 is 0 Å². The van der Waals surface area contributed by atoms with Crippen molar-refractivity contribution in [2.24, 2.45) is 7.05 Å². The van der Waals surface area contributed by atoms with Crippen LogP contribution in [0.25, 0.3) is 0 Å². The van der Waals surface area contributed by atoms with Gasteiger partial charge in [-0.05, 0) is 39.5 Å². The van der Waals surface area contributed by atoms with E-state index in [-0.39, 0.29) is 0 Å². The SMILES string of the molecule is C=C1CCCN1C(C)CC.CCC(C)n1cc[n+](C)c1. The molecule has 0 saturated carbocycles. The van der Waals surface area contributed by atoms with E-state index in [1.807, 2.05) is 7.05 Å². The van der Waals surface area contributed by atoms with Crippen LogP contribution in [0.3, 0.4) is 0 Å². The highest BCUT2D eigenvalue weighted by atomic mass is 15.2. The van der Waals surface area contributed by atoms with Crippen molar-refractivity contribution in [1.29, 1.82) is 0 Å². The van der Waals surface area contributed by atoms with Gasteiger partial charge in [-0.25, -0.2) is 9.13 Å². The van der Waals surface area contributed by atoms with E-state index in [1.165, 1.54) is 37.9 Å². The zero-order chi connectivity index (χ0) is 15.1. The van der Waals surface area contributed by atoms with E-state index >= 15 is 0 Å². The van der Waals surface area contributed by atoms with Gasteiger partial charge in [-0.1, -0.05) is 20.4 Å². The average molecular weight is 278 g/mol. The maximum atomic E-state index is 4.03. The maximum Gasteiger partial charge on any atom is 0.243 e. The number of nitrogens with zero attached hydrogens (tertiary/aromatic N) is 3. The van der Waals surface area contributed by atoms with Crippen LogP contribution in [0.5, 0.6) is 0 Å². The number of imidazole rings is 1. The van der Waals surface area contributed by atoms with E-state index in [4.69, 9.17) is 0 Å². The molecule has 0 aromatic carbocycles. The van der Waals surface area contributed by atoms with E-state index in [0.29, 0.717) is 12.1 Å². The Morgan fingerprint density at radius 2 is 1.90 bits per heavy atom. The number of allylic oxidation sites excluding steroid dienone is 1. The molecule has 2 rings (SSSR count). The van der Waals surface area contributed by atoms with Crippen LogP contribution in [0.1, 0.15) is 59.4 Å². The Morgan fingerprint density at radius 1 is 1.25 bits per heavy atom. The van der Waals surface area contributed by atoms with Gasteiger partial charge in [0, 0.05) is 18.3 Å². The summed E-state index contributed by atoms with van der Waals surface area (Å²) in [5.74, 6) is 0. The van der Waals surface area contributed by atoms with Crippen LogP contribution in [0.4, 0.5) is 0 Å². The van der Waals surface area contributed by atoms with Gasteiger partial charge >= 0.3 is 0 Å². The first kappa shape index (κ1) is 16.8. The van der Waals surface area contributed by atoms with Crippen LogP contribution in [0, 0.1) is 0 Å².